The first-order valence-electron chi connectivity index (χ1n) is 5.38. The summed E-state index contributed by atoms with van der Waals surface area (Å²) in [6, 6.07) is 8.44. The van der Waals surface area contributed by atoms with Gasteiger partial charge >= 0.3 is 0 Å². The van der Waals surface area contributed by atoms with E-state index in [9.17, 15) is 4.79 Å². The van der Waals surface area contributed by atoms with Gasteiger partial charge in [-0.25, -0.2) is 0 Å². The van der Waals surface area contributed by atoms with Gasteiger partial charge in [-0.3, -0.25) is 10.2 Å². The molecule has 1 aromatic heterocycles. The molecule has 0 spiro atoms. The molecule has 2 aromatic rings. The number of nitrogen functional groups attached to an aromatic ring is 1. The van der Waals surface area contributed by atoms with Crippen molar-refractivity contribution in [2.45, 2.75) is 6.92 Å². The normalized spacial score (nSPS) is 10.1. The lowest BCUT2D eigenvalue weighted by molar-refractivity contribution is 0.0996. The lowest BCUT2D eigenvalue weighted by Crippen LogP contribution is -2.15. The largest absolute Gasteiger partial charge is 0.459 e. The SMILES string of the molecule is Cc1ccc(NC(=O)c2ccco2)cc1C(=N)N. The van der Waals surface area contributed by atoms with E-state index in [2.05, 4.69) is 5.32 Å². The molecule has 0 unspecified atom stereocenters. The summed E-state index contributed by atoms with van der Waals surface area (Å²) in [5.74, 6) is -0.125. The van der Waals surface area contributed by atoms with Gasteiger partial charge in [0, 0.05) is 11.3 Å². The van der Waals surface area contributed by atoms with E-state index in [1.807, 2.05) is 6.92 Å². The average Bonchev–Trinajstić information content (AvgIpc) is 2.85. The second-order valence-corrected chi connectivity index (χ2v) is 3.87. The van der Waals surface area contributed by atoms with E-state index in [-0.39, 0.29) is 17.5 Å². The van der Waals surface area contributed by atoms with Gasteiger partial charge in [0.05, 0.1) is 6.26 Å². The summed E-state index contributed by atoms with van der Waals surface area (Å²) in [7, 11) is 0. The van der Waals surface area contributed by atoms with Crippen molar-refractivity contribution in [2.24, 2.45) is 5.73 Å². The third-order valence-electron chi connectivity index (χ3n) is 2.53. The van der Waals surface area contributed by atoms with Crippen molar-refractivity contribution in [2.75, 3.05) is 5.32 Å². The number of hydrogen-bond acceptors (Lipinski definition) is 3. The number of aryl methyl sites for hydroxylation is 1. The van der Waals surface area contributed by atoms with E-state index in [1.165, 1.54) is 6.26 Å². The zero-order valence-electron chi connectivity index (χ0n) is 9.86. The molecule has 5 nitrogen and oxygen atoms in total. The summed E-state index contributed by atoms with van der Waals surface area (Å²) in [4.78, 5) is 11.8. The number of rotatable bonds is 3. The number of amidine groups is 1. The van der Waals surface area contributed by atoms with Crippen molar-refractivity contribution < 1.29 is 9.21 Å². The first-order chi connectivity index (χ1) is 8.58. The summed E-state index contributed by atoms with van der Waals surface area (Å²) in [5.41, 5.74) is 7.53. The third kappa shape index (κ3) is 2.40. The molecule has 0 aliphatic carbocycles. The van der Waals surface area contributed by atoms with Crippen LogP contribution in [-0.2, 0) is 0 Å². The van der Waals surface area contributed by atoms with Crippen molar-refractivity contribution in [1.29, 1.82) is 5.41 Å². The van der Waals surface area contributed by atoms with Crippen LogP contribution in [-0.4, -0.2) is 11.7 Å². The molecule has 5 heteroatoms. The highest BCUT2D eigenvalue weighted by Gasteiger charge is 2.10. The minimum Gasteiger partial charge on any atom is -0.459 e. The fourth-order valence-electron chi connectivity index (χ4n) is 1.59. The number of hydrogen-bond donors (Lipinski definition) is 3. The van der Waals surface area contributed by atoms with E-state index < -0.39 is 0 Å². The molecule has 1 heterocycles. The van der Waals surface area contributed by atoms with Crippen molar-refractivity contribution in [3.63, 3.8) is 0 Å². The number of nitrogens with one attached hydrogen (secondary N) is 2. The maximum Gasteiger partial charge on any atom is 0.291 e. The van der Waals surface area contributed by atoms with Crippen molar-refractivity contribution in [3.8, 4) is 0 Å². The van der Waals surface area contributed by atoms with Gasteiger partial charge in [0.2, 0.25) is 0 Å². The number of nitrogens with two attached hydrogens (primary N) is 1. The monoisotopic (exact) mass is 243 g/mol. The molecule has 92 valence electrons. The van der Waals surface area contributed by atoms with Crippen LogP contribution in [0, 0.1) is 12.3 Å². The number of benzene rings is 1. The Labute approximate surface area is 104 Å². The molecule has 0 aliphatic heterocycles. The minimum absolute atomic E-state index is 0.0263. The van der Waals surface area contributed by atoms with Crippen molar-refractivity contribution >= 4 is 17.4 Å². The highest BCUT2D eigenvalue weighted by molar-refractivity contribution is 6.03. The van der Waals surface area contributed by atoms with Crippen molar-refractivity contribution in [1.82, 2.24) is 0 Å². The van der Waals surface area contributed by atoms with E-state index in [1.54, 1.807) is 30.3 Å². The maximum absolute atomic E-state index is 11.8. The van der Waals surface area contributed by atoms with Crippen LogP contribution in [0.4, 0.5) is 5.69 Å². The Balaban J connectivity index is 2.22. The van der Waals surface area contributed by atoms with Crippen molar-refractivity contribution in [3.05, 3.63) is 53.5 Å². The molecule has 0 saturated carbocycles. The summed E-state index contributed by atoms with van der Waals surface area (Å²) in [6.45, 7) is 1.86. The van der Waals surface area contributed by atoms with Gasteiger partial charge in [-0.2, -0.15) is 0 Å². The molecule has 0 fully saturated rings. The molecule has 1 amide bonds. The molecular formula is C13H13N3O2. The predicted molar refractivity (Wildman–Crippen MR) is 68.9 cm³/mol. The number of furan rings is 1. The van der Waals surface area contributed by atoms with E-state index >= 15 is 0 Å². The predicted octanol–water partition coefficient (Wildman–Crippen LogP) is 2.12. The lowest BCUT2D eigenvalue weighted by Gasteiger charge is -2.08. The fraction of sp³-hybridized carbons (Fsp3) is 0.0769. The molecule has 1 aromatic carbocycles. The molecule has 0 atom stereocenters. The summed E-state index contributed by atoms with van der Waals surface area (Å²) >= 11 is 0. The Morgan fingerprint density at radius 1 is 1.39 bits per heavy atom. The minimum atomic E-state index is -0.335. The lowest BCUT2D eigenvalue weighted by atomic mass is 10.1. The molecule has 18 heavy (non-hydrogen) atoms. The molecule has 0 radical (unpaired) electrons. The highest BCUT2D eigenvalue weighted by atomic mass is 16.3. The van der Waals surface area contributed by atoms with Gasteiger partial charge in [0.15, 0.2) is 5.76 Å². The average molecular weight is 243 g/mol. The Bertz CT molecular complexity index is 588. The van der Waals surface area contributed by atoms with Gasteiger partial charge in [0.1, 0.15) is 5.84 Å². The second-order valence-electron chi connectivity index (χ2n) is 3.87. The smallest absolute Gasteiger partial charge is 0.291 e. The van der Waals surface area contributed by atoms with Crippen LogP contribution in [0.1, 0.15) is 21.7 Å². The summed E-state index contributed by atoms with van der Waals surface area (Å²) in [6.07, 6.45) is 1.44. The molecule has 0 saturated heterocycles. The molecule has 0 bridgehead atoms. The van der Waals surface area contributed by atoms with E-state index in [0.717, 1.165) is 5.56 Å². The van der Waals surface area contributed by atoms with Gasteiger partial charge in [-0.1, -0.05) is 6.07 Å². The van der Waals surface area contributed by atoms with Crippen LogP contribution >= 0.6 is 0 Å². The standard InChI is InChI=1S/C13H13N3O2/c1-8-4-5-9(7-10(8)12(14)15)16-13(17)11-3-2-6-18-11/h2-7H,1H3,(H3,14,15)(H,16,17). The Hall–Kier alpha value is -2.56. The Morgan fingerprint density at radius 2 is 2.17 bits per heavy atom. The van der Waals surface area contributed by atoms with Crippen LogP contribution < -0.4 is 11.1 Å². The number of amides is 1. The zero-order valence-corrected chi connectivity index (χ0v) is 9.86. The number of carbonyl (C=O) groups is 1. The van der Waals surface area contributed by atoms with Gasteiger partial charge in [0.25, 0.3) is 5.91 Å². The van der Waals surface area contributed by atoms with Crippen LogP contribution in [0.15, 0.2) is 41.0 Å². The van der Waals surface area contributed by atoms with Crippen LogP contribution in [0.25, 0.3) is 0 Å². The highest BCUT2D eigenvalue weighted by Crippen LogP contribution is 2.16. The molecular weight excluding hydrogens is 230 g/mol. The first-order valence-corrected chi connectivity index (χ1v) is 5.38. The molecule has 0 aliphatic rings. The summed E-state index contributed by atoms with van der Waals surface area (Å²) in [5, 5.41) is 10.1. The quantitative estimate of drug-likeness (QED) is 0.569. The zero-order chi connectivity index (χ0) is 13.1. The van der Waals surface area contributed by atoms with E-state index in [4.69, 9.17) is 15.6 Å². The van der Waals surface area contributed by atoms with Gasteiger partial charge in [-0.15, -0.1) is 0 Å². The Kier molecular flexibility index (Phi) is 3.14. The fourth-order valence-corrected chi connectivity index (χ4v) is 1.59. The first kappa shape index (κ1) is 11.9. The van der Waals surface area contributed by atoms with Gasteiger partial charge in [-0.05, 0) is 36.8 Å². The Morgan fingerprint density at radius 3 is 2.78 bits per heavy atom. The van der Waals surface area contributed by atoms with Crippen LogP contribution in [0.3, 0.4) is 0 Å². The van der Waals surface area contributed by atoms with Crippen LogP contribution in [0.5, 0.6) is 0 Å². The van der Waals surface area contributed by atoms with Crippen LogP contribution in [0.2, 0.25) is 0 Å². The molecule has 4 N–H and O–H groups in total. The topological polar surface area (TPSA) is 92.1 Å². The second kappa shape index (κ2) is 4.75. The third-order valence-corrected chi connectivity index (χ3v) is 2.53. The van der Waals surface area contributed by atoms with E-state index in [0.29, 0.717) is 11.3 Å². The van der Waals surface area contributed by atoms with Gasteiger partial charge < -0.3 is 15.5 Å². The maximum atomic E-state index is 11.8. The number of carbonyl (C=O) groups excluding carboxylic acids is 1. The summed E-state index contributed by atoms with van der Waals surface area (Å²) < 4.78 is 4.99. The number of anilines is 1. The molecule has 2 rings (SSSR count).